The number of nitrogens with zero attached hydrogens (tertiary/aromatic N) is 1. The van der Waals surface area contributed by atoms with Crippen molar-refractivity contribution >= 4 is 11.9 Å². The molecule has 0 bridgehead atoms. The van der Waals surface area contributed by atoms with Gasteiger partial charge in [0.2, 0.25) is 0 Å². The van der Waals surface area contributed by atoms with Gasteiger partial charge in [-0.25, -0.2) is 4.79 Å². The van der Waals surface area contributed by atoms with Gasteiger partial charge in [-0.05, 0) is 38.0 Å². The second kappa shape index (κ2) is 4.64. The lowest BCUT2D eigenvalue weighted by atomic mass is 9.76. The SMILES string of the molecule is CC1CCC2(CC1)C(=O)NC(=O)N2CCCO. The highest BCUT2D eigenvalue weighted by molar-refractivity contribution is 6.07. The molecule has 0 aromatic rings. The Morgan fingerprint density at radius 1 is 1.41 bits per heavy atom. The molecule has 96 valence electrons. The molecule has 1 saturated heterocycles. The van der Waals surface area contributed by atoms with E-state index < -0.39 is 5.54 Å². The Labute approximate surface area is 101 Å². The average Bonchev–Trinajstić information content (AvgIpc) is 2.53. The van der Waals surface area contributed by atoms with E-state index in [-0.39, 0.29) is 18.5 Å². The molecule has 0 aromatic carbocycles. The first-order valence-corrected chi connectivity index (χ1v) is 6.34. The molecule has 0 atom stereocenters. The lowest BCUT2D eigenvalue weighted by Gasteiger charge is -2.40. The van der Waals surface area contributed by atoms with Crippen molar-refractivity contribution in [1.82, 2.24) is 10.2 Å². The highest BCUT2D eigenvalue weighted by Gasteiger charge is 2.53. The molecule has 17 heavy (non-hydrogen) atoms. The summed E-state index contributed by atoms with van der Waals surface area (Å²) in [6.07, 6.45) is 3.99. The van der Waals surface area contributed by atoms with Crippen LogP contribution in [-0.2, 0) is 4.79 Å². The first-order valence-electron chi connectivity index (χ1n) is 6.34. The molecule has 0 aromatic heterocycles. The third-order valence-electron chi connectivity index (χ3n) is 4.05. The molecule has 2 rings (SSSR count). The van der Waals surface area contributed by atoms with Gasteiger partial charge in [-0.3, -0.25) is 10.1 Å². The normalized spacial score (nSPS) is 33.3. The van der Waals surface area contributed by atoms with Crippen LogP contribution in [0.2, 0.25) is 0 Å². The number of aliphatic hydroxyl groups is 1. The first kappa shape index (κ1) is 12.4. The molecule has 2 aliphatic rings. The van der Waals surface area contributed by atoms with E-state index in [1.54, 1.807) is 4.90 Å². The standard InChI is InChI=1S/C12H20N2O3/c1-9-3-5-12(6-4-9)10(16)13-11(17)14(12)7-2-8-15/h9,15H,2-8H2,1H3,(H,13,16,17). The summed E-state index contributed by atoms with van der Waals surface area (Å²) in [4.78, 5) is 25.4. The maximum absolute atomic E-state index is 12.0. The van der Waals surface area contributed by atoms with Crippen molar-refractivity contribution in [2.75, 3.05) is 13.2 Å². The molecule has 0 radical (unpaired) electrons. The maximum atomic E-state index is 12.0. The predicted molar refractivity (Wildman–Crippen MR) is 62.3 cm³/mol. The highest BCUT2D eigenvalue weighted by atomic mass is 16.3. The molecule has 1 aliphatic heterocycles. The summed E-state index contributed by atoms with van der Waals surface area (Å²) < 4.78 is 0. The van der Waals surface area contributed by atoms with Gasteiger partial charge in [0, 0.05) is 13.2 Å². The number of hydrogen-bond donors (Lipinski definition) is 2. The molecular weight excluding hydrogens is 220 g/mol. The minimum absolute atomic E-state index is 0.0461. The largest absolute Gasteiger partial charge is 0.396 e. The first-order chi connectivity index (χ1) is 8.10. The summed E-state index contributed by atoms with van der Waals surface area (Å²) in [5, 5.41) is 11.3. The maximum Gasteiger partial charge on any atom is 0.325 e. The van der Waals surface area contributed by atoms with Crippen LogP contribution in [0.1, 0.15) is 39.0 Å². The van der Waals surface area contributed by atoms with Gasteiger partial charge < -0.3 is 10.0 Å². The van der Waals surface area contributed by atoms with Gasteiger partial charge in [0.15, 0.2) is 0 Å². The topological polar surface area (TPSA) is 69.6 Å². The smallest absolute Gasteiger partial charge is 0.325 e. The van der Waals surface area contributed by atoms with Crippen LogP contribution in [0.15, 0.2) is 0 Å². The van der Waals surface area contributed by atoms with Crippen LogP contribution in [0, 0.1) is 5.92 Å². The summed E-state index contributed by atoms with van der Waals surface area (Å²) in [5.41, 5.74) is -0.626. The fraction of sp³-hybridized carbons (Fsp3) is 0.833. The summed E-state index contributed by atoms with van der Waals surface area (Å²) >= 11 is 0. The van der Waals surface area contributed by atoms with E-state index in [9.17, 15) is 9.59 Å². The van der Waals surface area contributed by atoms with Crippen LogP contribution in [0.4, 0.5) is 4.79 Å². The van der Waals surface area contributed by atoms with Crippen molar-refractivity contribution < 1.29 is 14.7 Å². The Morgan fingerprint density at radius 3 is 2.65 bits per heavy atom. The van der Waals surface area contributed by atoms with E-state index in [2.05, 4.69) is 12.2 Å². The van der Waals surface area contributed by atoms with Gasteiger partial charge in [0.05, 0.1) is 0 Å². The monoisotopic (exact) mass is 240 g/mol. The van der Waals surface area contributed by atoms with E-state index in [0.717, 1.165) is 25.7 Å². The number of rotatable bonds is 3. The Kier molecular flexibility index (Phi) is 3.38. The number of nitrogens with one attached hydrogen (secondary N) is 1. The van der Waals surface area contributed by atoms with E-state index >= 15 is 0 Å². The summed E-state index contributed by atoms with van der Waals surface area (Å²) in [6, 6.07) is -0.294. The Morgan fingerprint density at radius 2 is 2.06 bits per heavy atom. The molecule has 1 saturated carbocycles. The van der Waals surface area contributed by atoms with Crippen molar-refractivity contribution in [2.45, 2.75) is 44.6 Å². The Hall–Kier alpha value is -1.10. The van der Waals surface area contributed by atoms with E-state index in [0.29, 0.717) is 18.9 Å². The quantitative estimate of drug-likeness (QED) is 0.719. The highest BCUT2D eigenvalue weighted by Crippen LogP contribution is 2.39. The molecule has 2 fully saturated rings. The third kappa shape index (κ3) is 2.04. The van der Waals surface area contributed by atoms with Crippen LogP contribution < -0.4 is 5.32 Å². The molecule has 1 heterocycles. The van der Waals surface area contributed by atoms with Crippen molar-refractivity contribution in [2.24, 2.45) is 5.92 Å². The Balaban J connectivity index is 2.16. The van der Waals surface area contributed by atoms with Gasteiger partial charge >= 0.3 is 6.03 Å². The average molecular weight is 240 g/mol. The fourth-order valence-electron chi connectivity index (χ4n) is 2.88. The molecule has 5 nitrogen and oxygen atoms in total. The molecule has 3 amide bonds. The molecule has 1 spiro atoms. The predicted octanol–water partition coefficient (Wildman–Crippen LogP) is 0.869. The minimum atomic E-state index is -0.626. The third-order valence-corrected chi connectivity index (χ3v) is 4.05. The summed E-state index contributed by atoms with van der Waals surface area (Å²) in [7, 11) is 0. The van der Waals surface area contributed by atoms with Crippen molar-refractivity contribution in [3.8, 4) is 0 Å². The zero-order valence-electron chi connectivity index (χ0n) is 10.2. The van der Waals surface area contributed by atoms with Crippen LogP contribution in [0.25, 0.3) is 0 Å². The van der Waals surface area contributed by atoms with E-state index in [1.165, 1.54) is 0 Å². The van der Waals surface area contributed by atoms with Crippen LogP contribution in [-0.4, -0.2) is 40.6 Å². The molecule has 2 N–H and O–H groups in total. The lowest BCUT2D eigenvalue weighted by molar-refractivity contribution is -0.128. The number of urea groups is 1. The number of hydrogen-bond acceptors (Lipinski definition) is 3. The minimum Gasteiger partial charge on any atom is -0.396 e. The molecule has 1 aliphatic carbocycles. The van der Waals surface area contributed by atoms with Crippen LogP contribution >= 0.6 is 0 Å². The number of amides is 3. The second-order valence-corrected chi connectivity index (χ2v) is 5.20. The van der Waals surface area contributed by atoms with Gasteiger partial charge in [-0.2, -0.15) is 0 Å². The summed E-state index contributed by atoms with van der Waals surface area (Å²) in [5.74, 6) is 0.483. The van der Waals surface area contributed by atoms with Crippen molar-refractivity contribution in [3.63, 3.8) is 0 Å². The molecule has 5 heteroatoms. The van der Waals surface area contributed by atoms with Crippen molar-refractivity contribution in [3.05, 3.63) is 0 Å². The Bertz CT molecular complexity index is 322. The number of aliphatic hydroxyl groups excluding tert-OH is 1. The van der Waals surface area contributed by atoms with E-state index in [4.69, 9.17) is 5.11 Å². The van der Waals surface area contributed by atoms with E-state index in [1.807, 2.05) is 0 Å². The summed E-state index contributed by atoms with van der Waals surface area (Å²) in [6.45, 7) is 2.69. The number of carbonyl (C=O) groups excluding carboxylic acids is 2. The van der Waals surface area contributed by atoms with Gasteiger partial charge in [-0.1, -0.05) is 6.92 Å². The van der Waals surface area contributed by atoms with Gasteiger partial charge in [0.1, 0.15) is 5.54 Å². The van der Waals surface area contributed by atoms with Crippen LogP contribution in [0.5, 0.6) is 0 Å². The fourth-order valence-corrected chi connectivity index (χ4v) is 2.88. The van der Waals surface area contributed by atoms with Gasteiger partial charge in [-0.15, -0.1) is 0 Å². The van der Waals surface area contributed by atoms with Gasteiger partial charge in [0.25, 0.3) is 5.91 Å². The second-order valence-electron chi connectivity index (χ2n) is 5.20. The molecular formula is C12H20N2O3. The zero-order valence-corrected chi connectivity index (χ0v) is 10.2. The lowest BCUT2D eigenvalue weighted by Crippen LogP contribution is -2.52. The number of imide groups is 1. The van der Waals surface area contributed by atoms with Crippen LogP contribution in [0.3, 0.4) is 0 Å². The van der Waals surface area contributed by atoms with Crippen molar-refractivity contribution in [1.29, 1.82) is 0 Å². The molecule has 0 unspecified atom stereocenters. The zero-order chi connectivity index (χ0) is 12.5. The number of carbonyl (C=O) groups is 2.